The van der Waals surface area contributed by atoms with Gasteiger partial charge < -0.3 is 5.73 Å². The fourth-order valence-electron chi connectivity index (χ4n) is 1.36. The van der Waals surface area contributed by atoms with Crippen molar-refractivity contribution < 1.29 is 8.42 Å². The van der Waals surface area contributed by atoms with Crippen molar-refractivity contribution >= 4 is 38.6 Å². The van der Waals surface area contributed by atoms with E-state index in [9.17, 15) is 8.42 Å². The minimum absolute atomic E-state index is 0.190. The predicted octanol–water partition coefficient (Wildman–Crippen LogP) is 2.66. The number of sulfonamides is 1. The van der Waals surface area contributed by atoms with Crippen molar-refractivity contribution in [3.8, 4) is 0 Å². The molecule has 18 heavy (non-hydrogen) atoms. The zero-order valence-electron chi connectivity index (χ0n) is 9.26. The van der Waals surface area contributed by atoms with E-state index in [0.717, 1.165) is 16.9 Å². The van der Waals surface area contributed by atoms with Crippen molar-refractivity contribution in [3.63, 3.8) is 0 Å². The second-order valence-corrected chi connectivity index (χ2v) is 7.19. The first-order chi connectivity index (χ1) is 8.51. The lowest BCUT2D eigenvalue weighted by atomic mass is 10.2. The molecule has 0 unspecified atom stereocenters. The van der Waals surface area contributed by atoms with Crippen LogP contribution in [-0.2, 0) is 16.6 Å². The zero-order valence-corrected chi connectivity index (χ0v) is 11.6. The predicted molar refractivity (Wildman–Crippen MR) is 74.5 cm³/mol. The Bertz CT molecular complexity index is 635. The van der Waals surface area contributed by atoms with Crippen molar-refractivity contribution in [2.24, 2.45) is 5.73 Å². The summed E-state index contributed by atoms with van der Waals surface area (Å²) in [5, 5.41) is 0. The van der Waals surface area contributed by atoms with Gasteiger partial charge in [-0.25, -0.2) is 8.42 Å². The van der Waals surface area contributed by atoms with Crippen molar-refractivity contribution in [1.29, 1.82) is 0 Å². The summed E-state index contributed by atoms with van der Waals surface area (Å²) < 4.78 is 27.1. The molecule has 4 nitrogen and oxygen atoms in total. The molecule has 3 N–H and O–H groups in total. The molecule has 1 heterocycles. The summed E-state index contributed by atoms with van der Waals surface area (Å²) in [6, 6.07) is 9.93. The molecule has 7 heteroatoms. The molecule has 0 saturated heterocycles. The lowest BCUT2D eigenvalue weighted by Gasteiger charge is -2.06. The molecule has 0 spiro atoms. The van der Waals surface area contributed by atoms with E-state index in [1.807, 2.05) is 0 Å². The summed E-state index contributed by atoms with van der Waals surface area (Å²) in [6.45, 7) is 0.424. The molecule has 0 amide bonds. The molecular formula is C11H11ClN2O2S2. The first kappa shape index (κ1) is 13.4. The Morgan fingerprint density at radius 2 is 1.83 bits per heavy atom. The van der Waals surface area contributed by atoms with Gasteiger partial charge in [-0.05, 0) is 29.8 Å². The van der Waals surface area contributed by atoms with Gasteiger partial charge in [0, 0.05) is 12.2 Å². The molecule has 0 aliphatic heterocycles. The largest absolute Gasteiger partial charge is 0.326 e. The number of hydrogen-bond donors (Lipinski definition) is 2. The summed E-state index contributed by atoms with van der Waals surface area (Å²) in [7, 11) is -3.56. The van der Waals surface area contributed by atoms with E-state index in [1.165, 1.54) is 6.07 Å². The highest BCUT2D eigenvalue weighted by Gasteiger charge is 2.16. The molecule has 2 aromatic rings. The highest BCUT2D eigenvalue weighted by atomic mass is 35.5. The van der Waals surface area contributed by atoms with Gasteiger partial charge in [0.15, 0.2) is 0 Å². The lowest BCUT2D eigenvalue weighted by Crippen LogP contribution is -2.11. The first-order valence-corrected chi connectivity index (χ1v) is 7.76. The number of anilines is 1. The highest BCUT2D eigenvalue weighted by Crippen LogP contribution is 2.27. The van der Waals surface area contributed by atoms with Crippen LogP contribution in [0.3, 0.4) is 0 Å². The fourth-order valence-corrected chi connectivity index (χ4v) is 3.90. The van der Waals surface area contributed by atoms with Crippen LogP contribution in [0.25, 0.3) is 0 Å². The number of benzene rings is 1. The van der Waals surface area contributed by atoms with E-state index < -0.39 is 10.0 Å². The van der Waals surface area contributed by atoms with Crippen LogP contribution in [0.15, 0.2) is 40.6 Å². The monoisotopic (exact) mass is 302 g/mol. The Hall–Kier alpha value is -1.08. The van der Waals surface area contributed by atoms with E-state index in [0.29, 0.717) is 16.6 Å². The van der Waals surface area contributed by atoms with Gasteiger partial charge in [-0.15, -0.1) is 11.3 Å². The van der Waals surface area contributed by atoms with Gasteiger partial charge >= 0.3 is 0 Å². The first-order valence-electron chi connectivity index (χ1n) is 5.08. The average Bonchev–Trinajstić information content (AvgIpc) is 2.77. The number of nitrogens with two attached hydrogens (primary N) is 1. The normalized spacial score (nSPS) is 11.4. The van der Waals surface area contributed by atoms with Crippen LogP contribution in [-0.4, -0.2) is 8.42 Å². The van der Waals surface area contributed by atoms with Crippen LogP contribution >= 0.6 is 22.9 Å². The number of rotatable bonds is 4. The van der Waals surface area contributed by atoms with Gasteiger partial charge in [-0.2, -0.15) is 0 Å². The van der Waals surface area contributed by atoms with E-state index in [2.05, 4.69) is 4.72 Å². The van der Waals surface area contributed by atoms with Gasteiger partial charge in [-0.3, -0.25) is 4.72 Å². The number of nitrogens with one attached hydrogen (secondary N) is 1. The Kier molecular flexibility index (Phi) is 3.91. The number of thiophene rings is 1. The third kappa shape index (κ3) is 3.02. The summed E-state index contributed by atoms with van der Waals surface area (Å²) in [4.78, 5) is 0. The Labute approximate surface area is 114 Å². The number of halogens is 1. The Morgan fingerprint density at radius 1 is 1.17 bits per heavy atom. The summed E-state index contributed by atoms with van der Waals surface area (Å²) in [5.74, 6) is 0. The summed E-state index contributed by atoms with van der Waals surface area (Å²) in [6.07, 6.45) is 0. The minimum atomic E-state index is -3.56. The van der Waals surface area contributed by atoms with Gasteiger partial charge in [0.25, 0.3) is 10.0 Å². The molecular weight excluding hydrogens is 292 g/mol. The molecule has 96 valence electrons. The molecule has 0 aliphatic carbocycles. The maximum atomic E-state index is 12.0. The third-order valence-corrected chi connectivity index (χ3v) is 5.36. The highest BCUT2D eigenvalue weighted by molar-refractivity contribution is 7.94. The molecule has 0 bridgehead atoms. The molecule has 0 saturated carbocycles. The van der Waals surface area contributed by atoms with Crippen molar-refractivity contribution in [1.82, 2.24) is 0 Å². The maximum Gasteiger partial charge on any atom is 0.271 e. The van der Waals surface area contributed by atoms with Crippen LogP contribution in [0.5, 0.6) is 0 Å². The Balaban J connectivity index is 2.22. The SMILES string of the molecule is NCc1ccc(NS(=O)(=O)c2ccc(Cl)s2)cc1. The van der Waals surface area contributed by atoms with Crippen LogP contribution in [0.4, 0.5) is 5.69 Å². The van der Waals surface area contributed by atoms with E-state index in [1.54, 1.807) is 30.3 Å². The van der Waals surface area contributed by atoms with Gasteiger partial charge in [0.1, 0.15) is 4.21 Å². The van der Waals surface area contributed by atoms with Crippen LogP contribution in [0, 0.1) is 0 Å². The number of hydrogen-bond acceptors (Lipinski definition) is 4. The van der Waals surface area contributed by atoms with Crippen LogP contribution in [0.1, 0.15) is 5.56 Å². The topological polar surface area (TPSA) is 72.2 Å². The molecule has 0 aliphatic rings. The van der Waals surface area contributed by atoms with Crippen molar-refractivity contribution in [3.05, 3.63) is 46.3 Å². The smallest absolute Gasteiger partial charge is 0.271 e. The quantitative estimate of drug-likeness (QED) is 0.912. The Morgan fingerprint density at radius 3 is 2.33 bits per heavy atom. The molecule has 0 fully saturated rings. The van der Waals surface area contributed by atoms with Crippen LogP contribution in [0.2, 0.25) is 4.34 Å². The molecule has 1 aromatic carbocycles. The molecule has 1 aromatic heterocycles. The third-order valence-electron chi connectivity index (χ3n) is 2.26. The van der Waals surface area contributed by atoms with Crippen LogP contribution < -0.4 is 10.5 Å². The van der Waals surface area contributed by atoms with Gasteiger partial charge in [-0.1, -0.05) is 23.7 Å². The summed E-state index contributed by atoms with van der Waals surface area (Å²) in [5.41, 5.74) is 6.91. The zero-order chi connectivity index (χ0) is 13.2. The van der Waals surface area contributed by atoms with E-state index in [-0.39, 0.29) is 4.21 Å². The van der Waals surface area contributed by atoms with E-state index in [4.69, 9.17) is 17.3 Å². The standard InChI is InChI=1S/C11H11ClN2O2S2/c12-10-5-6-11(17-10)18(15,16)14-9-3-1-8(7-13)2-4-9/h1-6,14H,7,13H2. The van der Waals surface area contributed by atoms with Gasteiger partial charge in [0.2, 0.25) is 0 Å². The maximum absolute atomic E-state index is 12.0. The van der Waals surface area contributed by atoms with Crippen molar-refractivity contribution in [2.45, 2.75) is 10.8 Å². The minimum Gasteiger partial charge on any atom is -0.326 e. The fraction of sp³-hybridized carbons (Fsp3) is 0.0909. The molecule has 0 radical (unpaired) electrons. The average molecular weight is 303 g/mol. The van der Waals surface area contributed by atoms with Crippen molar-refractivity contribution in [2.75, 3.05) is 4.72 Å². The summed E-state index contributed by atoms with van der Waals surface area (Å²) >= 11 is 6.74. The van der Waals surface area contributed by atoms with Gasteiger partial charge in [0.05, 0.1) is 4.34 Å². The second kappa shape index (κ2) is 5.27. The molecule has 2 rings (SSSR count). The lowest BCUT2D eigenvalue weighted by molar-refractivity contribution is 0.603. The molecule has 0 atom stereocenters. The second-order valence-electron chi connectivity index (χ2n) is 3.57. The van der Waals surface area contributed by atoms with E-state index >= 15 is 0 Å².